The first kappa shape index (κ1) is 23.5. The van der Waals surface area contributed by atoms with Crippen LogP contribution in [0.15, 0.2) is 121 Å². The molecule has 0 N–H and O–H groups in total. The van der Waals surface area contributed by atoms with Crippen molar-refractivity contribution < 1.29 is 14.3 Å². The summed E-state index contributed by atoms with van der Waals surface area (Å²) in [5.74, 6) is 1.64. The molecule has 0 atom stereocenters. The number of methoxy groups -OCH3 is 2. The molecule has 184 valence electrons. The maximum Gasteiger partial charge on any atom is 0.194 e. The fourth-order valence-corrected chi connectivity index (χ4v) is 5.18. The van der Waals surface area contributed by atoms with Crippen molar-refractivity contribution in [2.24, 2.45) is 0 Å². The molecule has 0 aliphatic carbocycles. The third kappa shape index (κ3) is 4.08. The minimum atomic E-state index is 0.0139. The van der Waals surface area contributed by atoms with Crippen molar-refractivity contribution in [3.63, 3.8) is 0 Å². The monoisotopic (exact) mass is 494 g/mol. The van der Waals surface area contributed by atoms with Crippen LogP contribution in [0, 0.1) is 0 Å². The van der Waals surface area contributed by atoms with E-state index in [1.807, 2.05) is 109 Å². The number of rotatable bonds is 6. The number of carbonyl (C=O) groups is 1. The third-order valence-corrected chi connectivity index (χ3v) is 7.14. The largest absolute Gasteiger partial charge is 0.497 e. The smallest absolute Gasteiger partial charge is 0.194 e. The number of benzene rings is 6. The predicted octanol–water partition coefficient (Wildman–Crippen LogP) is 8.58. The summed E-state index contributed by atoms with van der Waals surface area (Å²) in [4.78, 5) is 14.1. The van der Waals surface area contributed by atoms with Crippen molar-refractivity contribution >= 4 is 27.3 Å². The molecule has 6 rings (SSSR count). The molecule has 0 bridgehead atoms. The van der Waals surface area contributed by atoms with Crippen LogP contribution in [-0.2, 0) is 0 Å². The summed E-state index contributed by atoms with van der Waals surface area (Å²) in [6.45, 7) is 0. The highest BCUT2D eigenvalue weighted by atomic mass is 16.5. The molecular weight excluding hydrogens is 468 g/mol. The Morgan fingerprint density at radius 1 is 0.447 bits per heavy atom. The van der Waals surface area contributed by atoms with E-state index in [9.17, 15) is 4.79 Å². The summed E-state index contributed by atoms with van der Waals surface area (Å²) in [7, 11) is 3.33. The van der Waals surface area contributed by atoms with Crippen LogP contribution >= 0.6 is 0 Å². The van der Waals surface area contributed by atoms with E-state index in [4.69, 9.17) is 9.47 Å². The summed E-state index contributed by atoms with van der Waals surface area (Å²) in [6.07, 6.45) is 0. The van der Waals surface area contributed by atoms with Gasteiger partial charge in [0.15, 0.2) is 5.78 Å². The molecule has 0 aliphatic rings. The van der Waals surface area contributed by atoms with E-state index in [0.717, 1.165) is 55.3 Å². The van der Waals surface area contributed by atoms with Crippen LogP contribution in [-0.4, -0.2) is 20.0 Å². The van der Waals surface area contributed by atoms with E-state index in [1.165, 1.54) is 0 Å². The molecular formula is C35H26O3. The topological polar surface area (TPSA) is 35.5 Å². The second-order valence-corrected chi connectivity index (χ2v) is 9.20. The normalized spacial score (nSPS) is 11.0. The third-order valence-electron chi connectivity index (χ3n) is 7.14. The average Bonchev–Trinajstić information content (AvgIpc) is 3.00. The molecule has 3 heteroatoms. The highest BCUT2D eigenvalue weighted by Crippen LogP contribution is 2.36. The summed E-state index contributed by atoms with van der Waals surface area (Å²) >= 11 is 0. The standard InChI is InChI=1S/C35H26O3/c1-37-25-15-11-23(12-16-25)27-19-21-33(31-9-5-3-7-29(27)31)35(36)34-22-20-28(30-8-4-6-10-32(30)34)24-13-17-26(38-2)18-14-24/h3-22H,1-2H3. The lowest BCUT2D eigenvalue weighted by atomic mass is 9.88. The molecule has 0 spiro atoms. The Bertz CT molecular complexity index is 1650. The Labute approximate surface area is 221 Å². The first-order chi connectivity index (χ1) is 18.7. The number of fused-ring (bicyclic) bond motifs is 2. The van der Waals surface area contributed by atoms with Crippen molar-refractivity contribution in [1.82, 2.24) is 0 Å². The molecule has 0 saturated heterocycles. The Morgan fingerprint density at radius 3 is 1.18 bits per heavy atom. The van der Waals surface area contributed by atoms with Crippen molar-refractivity contribution in [2.45, 2.75) is 0 Å². The Balaban J connectivity index is 1.47. The van der Waals surface area contributed by atoms with E-state index in [1.54, 1.807) is 14.2 Å². The molecule has 38 heavy (non-hydrogen) atoms. The molecule has 0 aliphatic heterocycles. The molecule has 0 aromatic heterocycles. The lowest BCUT2D eigenvalue weighted by Crippen LogP contribution is -2.04. The van der Waals surface area contributed by atoms with E-state index >= 15 is 0 Å². The van der Waals surface area contributed by atoms with Crippen LogP contribution in [0.4, 0.5) is 0 Å². The fraction of sp³-hybridized carbons (Fsp3) is 0.0571. The first-order valence-corrected chi connectivity index (χ1v) is 12.5. The van der Waals surface area contributed by atoms with E-state index in [0.29, 0.717) is 11.1 Å². The molecule has 0 fully saturated rings. The van der Waals surface area contributed by atoms with Crippen LogP contribution in [0.2, 0.25) is 0 Å². The van der Waals surface area contributed by atoms with Gasteiger partial charge in [-0.1, -0.05) is 84.9 Å². The van der Waals surface area contributed by atoms with E-state index in [-0.39, 0.29) is 5.78 Å². The number of hydrogen-bond donors (Lipinski definition) is 0. The van der Waals surface area contributed by atoms with Gasteiger partial charge in [0, 0.05) is 11.1 Å². The van der Waals surface area contributed by atoms with Crippen LogP contribution in [0.5, 0.6) is 11.5 Å². The zero-order valence-electron chi connectivity index (χ0n) is 21.3. The van der Waals surface area contributed by atoms with Crippen molar-refractivity contribution in [2.75, 3.05) is 14.2 Å². The lowest BCUT2D eigenvalue weighted by Gasteiger charge is -2.14. The molecule has 0 saturated carbocycles. The predicted molar refractivity (Wildman–Crippen MR) is 155 cm³/mol. The van der Waals surface area contributed by atoms with Crippen LogP contribution in [0.25, 0.3) is 43.8 Å². The minimum absolute atomic E-state index is 0.0139. The van der Waals surface area contributed by atoms with Gasteiger partial charge in [0.1, 0.15) is 11.5 Å². The lowest BCUT2D eigenvalue weighted by molar-refractivity contribution is 0.104. The molecule has 0 radical (unpaired) electrons. The molecule has 0 heterocycles. The highest BCUT2D eigenvalue weighted by Gasteiger charge is 2.18. The molecule has 6 aromatic carbocycles. The second-order valence-electron chi connectivity index (χ2n) is 9.20. The number of carbonyl (C=O) groups excluding carboxylic acids is 1. The molecule has 6 aromatic rings. The maximum absolute atomic E-state index is 14.1. The fourth-order valence-electron chi connectivity index (χ4n) is 5.18. The molecule has 0 amide bonds. The van der Waals surface area contributed by atoms with Gasteiger partial charge in [0.05, 0.1) is 14.2 Å². The van der Waals surface area contributed by atoms with Gasteiger partial charge in [-0.15, -0.1) is 0 Å². The van der Waals surface area contributed by atoms with Gasteiger partial charge in [-0.3, -0.25) is 4.79 Å². The van der Waals surface area contributed by atoms with Gasteiger partial charge in [-0.05, 0) is 80.2 Å². The Kier molecular flexibility index (Phi) is 6.11. The van der Waals surface area contributed by atoms with Gasteiger partial charge in [-0.25, -0.2) is 0 Å². The van der Waals surface area contributed by atoms with E-state index < -0.39 is 0 Å². The quantitative estimate of drug-likeness (QED) is 0.218. The van der Waals surface area contributed by atoms with Gasteiger partial charge < -0.3 is 9.47 Å². The van der Waals surface area contributed by atoms with Crippen molar-refractivity contribution in [1.29, 1.82) is 0 Å². The van der Waals surface area contributed by atoms with Gasteiger partial charge in [-0.2, -0.15) is 0 Å². The zero-order chi connectivity index (χ0) is 26.1. The highest BCUT2D eigenvalue weighted by molar-refractivity contribution is 6.23. The molecule has 3 nitrogen and oxygen atoms in total. The first-order valence-electron chi connectivity index (χ1n) is 12.5. The SMILES string of the molecule is COc1ccc(-c2ccc(C(=O)c3ccc(-c4ccc(OC)cc4)c4ccccc34)c3ccccc23)cc1. The van der Waals surface area contributed by atoms with E-state index in [2.05, 4.69) is 12.1 Å². The van der Waals surface area contributed by atoms with Crippen molar-refractivity contribution in [3.05, 3.63) is 132 Å². The number of hydrogen-bond acceptors (Lipinski definition) is 3. The summed E-state index contributed by atoms with van der Waals surface area (Å²) in [5, 5.41) is 3.97. The zero-order valence-corrected chi connectivity index (χ0v) is 21.3. The van der Waals surface area contributed by atoms with Crippen LogP contribution < -0.4 is 9.47 Å². The van der Waals surface area contributed by atoms with Gasteiger partial charge >= 0.3 is 0 Å². The summed E-state index contributed by atoms with van der Waals surface area (Å²) in [6, 6.07) is 40.3. The van der Waals surface area contributed by atoms with Gasteiger partial charge in [0.2, 0.25) is 0 Å². The molecule has 0 unspecified atom stereocenters. The van der Waals surface area contributed by atoms with Crippen molar-refractivity contribution in [3.8, 4) is 33.8 Å². The Hall–Kier alpha value is -4.89. The van der Waals surface area contributed by atoms with Gasteiger partial charge in [0.25, 0.3) is 0 Å². The maximum atomic E-state index is 14.1. The average molecular weight is 495 g/mol. The summed E-state index contributed by atoms with van der Waals surface area (Å²) in [5.41, 5.74) is 5.71. The Morgan fingerprint density at radius 2 is 0.816 bits per heavy atom. The second kappa shape index (κ2) is 9.87. The minimum Gasteiger partial charge on any atom is -0.497 e. The summed E-state index contributed by atoms with van der Waals surface area (Å²) < 4.78 is 10.6. The van der Waals surface area contributed by atoms with Crippen LogP contribution in [0.3, 0.4) is 0 Å². The number of ketones is 1. The number of ether oxygens (including phenoxy) is 2. The van der Waals surface area contributed by atoms with Crippen LogP contribution in [0.1, 0.15) is 15.9 Å².